The molecule has 0 spiro atoms. The number of esters is 6. The summed E-state index contributed by atoms with van der Waals surface area (Å²) in [5, 5.41) is 72.0. The fraction of sp³-hybridized carbons (Fsp3) is 0.342. The van der Waals surface area contributed by atoms with E-state index in [9.17, 15) is 33.9 Å². The normalized spacial score (nSPS) is 9.70. The molecule has 0 aliphatic heterocycles. The minimum Gasteiger partial charge on any atom is -0.508 e. The topological polar surface area (TPSA) is 384 Å². The molecule has 0 unspecified atom stereocenters. The molecular weight excluding hydrogens is 1310 g/mol. The lowest BCUT2D eigenvalue weighted by atomic mass is 10.1. The molecule has 0 aliphatic carbocycles. The van der Waals surface area contributed by atoms with Gasteiger partial charge in [0.05, 0.1) is 121 Å². The number of rotatable bonds is 25. The molecule has 0 aromatic heterocycles. The molecule has 0 fully saturated rings. The zero-order valence-corrected chi connectivity index (χ0v) is 58.4. The van der Waals surface area contributed by atoms with Crippen molar-refractivity contribution in [3.63, 3.8) is 0 Å². The highest BCUT2D eigenvalue weighted by molar-refractivity contribution is 5.94. The van der Waals surface area contributed by atoms with Crippen LogP contribution >= 0.6 is 0 Å². The average Bonchev–Trinajstić information content (AvgIpc) is 0.901. The summed E-state index contributed by atoms with van der Waals surface area (Å²) in [6, 6.07) is 30.5. The molecule has 0 atom stereocenters. The molecule has 7 aromatic rings. The summed E-state index contributed by atoms with van der Waals surface area (Å²) in [6.07, 6.45) is 12.7. The number of phenols is 7. The van der Waals surface area contributed by atoms with Crippen molar-refractivity contribution in [3.05, 3.63) is 166 Å². The molecule has 0 saturated heterocycles. The van der Waals surface area contributed by atoms with Crippen LogP contribution in [0.4, 0.5) is 0 Å². The Hall–Kier alpha value is -11.5. The van der Waals surface area contributed by atoms with E-state index in [1.54, 1.807) is 89.1 Å². The maximum Gasteiger partial charge on any atom is 0.341 e. The Morgan fingerprint density at radius 3 is 1.10 bits per heavy atom. The molecule has 0 aliphatic rings. The molecule has 0 amide bonds. The van der Waals surface area contributed by atoms with Gasteiger partial charge in [0, 0.05) is 24.3 Å². The van der Waals surface area contributed by atoms with E-state index < -0.39 is 29.8 Å². The predicted molar refractivity (Wildman–Crippen MR) is 367 cm³/mol. The van der Waals surface area contributed by atoms with Gasteiger partial charge in [0.2, 0.25) is 0 Å². The van der Waals surface area contributed by atoms with Gasteiger partial charge in [-0.25, -0.2) is 28.8 Å². The van der Waals surface area contributed by atoms with Gasteiger partial charge in [0.25, 0.3) is 0 Å². The zero-order valence-electron chi connectivity index (χ0n) is 58.4. The summed E-state index contributed by atoms with van der Waals surface area (Å²) >= 11 is 0. The highest BCUT2D eigenvalue weighted by Crippen LogP contribution is 2.31. The Bertz CT molecular complexity index is 3550. The number of hydrogen-bond donors (Lipinski definition) is 8. The molecular formula is C73H92O27. The number of hydrogen-bond acceptors (Lipinski definition) is 27. The van der Waals surface area contributed by atoms with Crippen molar-refractivity contribution in [1.82, 2.24) is 0 Å². The molecule has 7 aromatic carbocycles. The van der Waals surface area contributed by atoms with Crippen molar-refractivity contribution in [2.45, 2.75) is 77.7 Å². The first kappa shape index (κ1) is 86.5. The number of phenolic OH excluding ortho intramolecular Hbond substituents is 7. The molecule has 27 nitrogen and oxygen atoms in total. The third-order valence-electron chi connectivity index (χ3n) is 13.5. The third-order valence-corrected chi connectivity index (χ3v) is 13.5. The van der Waals surface area contributed by atoms with Gasteiger partial charge >= 0.3 is 35.8 Å². The second-order valence-corrected chi connectivity index (χ2v) is 20.3. The Labute approximate surface area is 581 Å². The van der Waals surface area contributed by atoms with E-state index in [1.807, 2.05) is 0 Å². The van der Waals surface area contributed by atoms with Gasteiger partial charge in [0.1, 0.15) is 57.1 Å². The van der Waals surface area contributed by atoms with Gasteiger partial charge < -0.3 is 102 Å². The number of aromatic hydroxyl groups is 7. The Balaban J connectivity index is 0.000000596. The van der Waals surface area contributed by atoms with E-state index in [4.69, 9.17) is 73.6 Å². The van der Waals surface area contributed by atoms with Gasteiger partial charge in [0.15, 0.2) is 34.5 Å². The van der Waals surface area contributed by atoms with Crippen LogP contribution in [0, 0.1) is 0 Å². The van der Waals surface area contributed by atoms with E-state index in [0.29, 0.717) is 58.0 Å². The molecule has 0 heterocycles. The highest BCUT2D eigenvalue weighted by atomic mass is 16.6. The number of carbonyl (C=O) groups is 6. The second-order valence-electron chi connectivity index (χ2n) is 20.3. The molecule has 0 bridgehead atoms. The number of benzene rings is 7. The van der Waals surface area contributed by atoms with Crippen molar-refractivity contribution in [1.29, 1.82) is 0 Å². The number of ether oxygens (including phenoxy) is 13. The Morgan fingerprint density at radius 1 is 0.300 bits per heavy atom. The number of carbonyl (C=O) groups excluding carboxylic acids is 6. The standard InChI is InChI=1S/C21H34O4.C10H12O4.C9H10O4.C9H12O3.3C8H8O4/c1-4-5-6-7-8-9-10-11-12-13-16-25-21(22)18-14-15-19(23-2)20(17-18)24-3;1-12-8-5-4-7(10(11)14-3)6-9(8)13-2;1-12-6-3-4-7(8(10)5-6)9(11)13-2;1-11-8-3-7(6-10)4-9(5-8)12-2;1-12-8(11)5-2-6(9)4-7(10)3-5;1-12-8(11)6-3-2-5(9)4-7(6)10;1-12-8(11)5-2-3-6(9)7(10)4-5/h14-15,17H,4-13,16H2,1-3H3;4-6H,1-3H3;3-5,10H,1-2H3;3-5,10H,6H2,1-2H3;3*2-4,9-10H,1H3. The monoisotopic (exact) mass is 1400 g/mol. The molecule has 27 heteroatoms. The van der Waals surface area contributed by atoms with Crippen LogP contribution in [0.15, 0.2) is 127 Å². The fourth-order valence-electron chi connectivity index (χ4n) is 8.16. The van der Waals surface area contributed by atoms with Crippen LogP contribution in [0.25, 0.3) is 0 Å². The van der Waals surface area contributed by atoms with Crippen LogP contribution in [0.3, 0.4) is 0 Å². The van der Waals surface area contributed by atoms with Crippen LogP contribution < -0.4 is 33.2 Å². The van der Waals surface area contributed by atoms with Gasteiger partial charge in [-0.1, -0.05) is 64.7 Å². The summed E-state index contributed by atoms with van der Waals surface area (Å²) in [4.78, 5) is 66.8. The van der Waals surface area contributed by atoms with Gasteiger partial charge in [-0.3, -0.25) is 0 Å². The van der Waals surface area contributed by atoms with Gasteiger partial charge in [-0.15, -0.1) is 0 Å². The maximum atomic E-state index is 12.1. The van der Waals surface area contributed by atoms with E-state index in [-0.39, 0.29) is 75.1 Å². The van der Waals surface area contributed by atoms with E-state index in [1.165, 1.54) is 157 Å². The first-order valence-corrected chi connectivity index (χ1v) is 30.7. The van der Waals surface area contributed by atoms with Crippen LogP contribution in [0.1, 0.15) is 139 Å². The third kappa shape index (κ3) is 32.0. The molecule has 100 heavy (non-hydrogen) atoms. The minimum absolute atomic E-state index is 0.00639. The summed E-state index contributed by atoms with van der Waals surface area (Å²) in [5.74, 6) is -0.413. The SMILES string of the molecule is CCCCCCCCCCCCOC(=O)c1ccc(OC)c(OC)c1.COC(=O)c1cc(O)cc(O)c1.COC(=O)c1ccc(O)c(O)c1.COC(=O)c1ccc(O)cc1O.COC(=O)c1ccc(OC)c(OC)c1.COC(=O)c1ccc(OC)cc1O.COc1cc(CO)cc(OC)c1. The number of methoxy groups -OCH3 is 12. The lowest BCUT2D eigenvalue weighted by Crippen LogP contribution is -2.07. The first-order chi connectivity index (χ1) is 47.9. The summed E-state index contributed by atoms with van der Waals surface area (Å²) in [7, 11) is 17.1. The lowest BCUT2D eigenvalue weighted by Gasteiger charge is -2.09. The molecule has 0 radical (unpaired) electrons. The Morgan fingerprint density at radius 2 is 0.700 bits per heavy atom. The smallest absolute Gasteiger partial charge is 0.341 e. The van der Waals surface area contributed by atoms with Crippen molar-refractivity contribution >= 4 is 35.8 Å². The average molecular weight is 1400 g/mol. The Kier molecular flexibility index (Phi) is 42.5. The summed E-state index contributed by atoms with van der Waals surface area (Å²) < 4.78 is 62.8. The van der Waals surface area contributed by atoms with Crippen LogP contribution in [-0.2, 0) is 35.0 Å². The zero-order chi connectivity index (χ0) is 75.1. The van der Waals surface area contributed by atoms with Crippen LogP contribution in [-0.4, -0.2) is 169 Å². The van der Waals surface area contributed by atoms with E-state index in [2.05, 4.69) is 30.6 Å². The summed E-state index contributed by atoms with van der Waals surface area (Å²) in [5.41, 5.74) is 2.20. The lowest BCUT2D eigenvalue weighted by molar-refractivity contribution is 0.0494. The fourth-order valence-corrected chi connectivity index (χ4v) is 8.16. The molecule has 8 N–H and O–H groups in total. The van der Waals surface area contributed by atoms with Crippen molar-refractivity contribution < 1.29 is 131 Å². The van der Waals surface area contributed by atoms with E-state index >= 15 is 0 Å². The second kappa shape index (κ2) is 49.1. The van der Waals surface area contributed by atoms with E-state index in [0.717, 1.165) is 36.6 Å². The van der Waals surface area contributed by atoms with Crippen molar-refractivity contribution in [3.8, 4) is 80.5 Å². The van der Waals surface area contributed by atoms with Gasteiger partial charge in [-0.05, 0) is 115 Å². The van der Waals surface area contributed by atoms with Crippen LogP contribution in [0.5, 0.6) is 80.5 Å². The summed E-state index contributed by atoms with van der Waals surface area (Å²) in [6.45, 7) is 2.72. The largest absolute Gasteiger partial charge is 0.508 e. The quantitative estimate of drug-likeness (QED) is 0.0114. The molecule has 7 rings (SSSR count). The van der Waals surface area contributed by atoms with Crippen molar-refractivity contribution in [2.75, 3.05) is 91.9 Å². The molecule has 0 saturated carbocycles. The van der Waals surface area contributed by atoms with Crippen molar-refractivity contribution in [2.24, 2.45) is 0 Å². The number of unbranched alkanes of at least 4 members (excludes halogenated alkanes) is 9. The predicted octanol–water partition coefficient (Wildman–Crippen LogP) is 12.3. The van der Waals surface area contributed by atoms with Crippen LogP contribution in [0.2, 0.25) is 0 Å². The number of aliphatic hydroxyl groups excluding tert-OH is 1. The maximum absolute atomic E-state index is 12.1. The van der Waals surface area contributed by atoms with Gasteiger partial charge in [-0.2, -0.15) is 0 Å². The number of aliphatic hydroxyl groups is 1. The molecule has 546 valence electrons. The minimum atomic E-state index is -0.632. The first-order valence-electron chi connectivity index (χ1n) is 30.7. The highest BCUT2D eigenvalue weighted by Gasteiger charge is 2.16.